The van der Waals surface area contributed by atoms with E-state index in [1.165, 1.54) is 12.4 Å². The third-order valence-electron chi connectivity index (χ3n) is 2.92. The lowest BCUT2D eigenvalue weighted by Crippen LogP contribution is -2.43. The van der Waals surface area contributed by atoms with Crippen LogP contribution in [0.4, 0.5) is 8.78 Å². The minimum Gasteiger partial charge on any atom is -0.314 e. The average Bonchev–Trinajstić information content (AvgIpc) is 2.86. The molecule has 8 heteroatoms. The molecule has 0 radical (unpaired) electrons. The van der Waals surface area contributed by atoms with E-state index in [2.05, 4.69) is 25.7 Å². The molecule has 1 unspecified atom stereocenters. The number of alkyl halides is 2. The van der Waals surface area contributed by atoms with Crippen LogP contribution in [0.15, 0.2) is 12.4 Å². The van der Waals surface area contributed by atoms with Crippen molar-refractivity contribution in [3.05, 3.63) is 23.8 Å². The van der Waals surface area contributed by atoms with Crippen molar-refractivity contribution in [1.29, 1.82) is 0 Å². The van der Waals surface area contributed by atoms with Gasteiger partial charge in [0.1, 0.15) is 12.0 Å². The van der Waals surface area contributed by atoms with E-state index in [0.29, 0.717) is 12.2 Å². The van der Waals surface area contributed by atoms with E-state index in [0.717, 1.165) is 17.6 Å². The monoisotopic (exact) mass is 254 g/mol. The van der Waals surface area contributed by atoms with E-state index in [1.807, 2.05) is 0 Å². The highest BCUT2D eigenvalue weighted by molar-refractivity contribution is 5.32. The van der Waals surface area contributed by atoms with E-state index < -0.39 is 6.43 Å². The van der Waals surface area contributed by atoms with Gasteiger partial charge in [0.25, 0.3) is 12.2 Å². The number of piperazine rings is 1. The first-order valence-electron chi connectivity index (χ1n) is 5.68. The van der Waals surface area contributed by atoms with Crippen LogP contribution in [0, 0.1) is 0 Å². The van der Waals surface area contributed by atoms with Gasteiger partial charge in [-0.3, -0.25) is 0 Å². The zero-order valence-corrected chi connectivity index (χ0v) is 9.48. The van der Waals surface area contributed by atoms with E-state index >= 15 is 0 Å². The van der Waals surface area contributed by atoms with Crippen molar-refractivity contribution >= 4 is 5.78 Å². The van der Waals surface area contributed by atoms with Gasteiger partial charge in [0.2, 0.25) is 0 Å². The Labute approximate surface area is 101 Å². The Balaban J connectivity index is 2.06. The Bertz CT molecular complexity index is 548. The second-order valence-electron chi connectivity index (χ2n) is 4.09. The number of nitrogens with zero attached hydrogens (tertiary/aromatic N) is 4. The lowest BCUT2D eigenvalue weighted by molar-refractivity contribution is 0.142. The molecule has 0 amide bonds. The van der Waals surface area contributed by atoms with E-state index in [9.17, 15) is 8.78 Å². The summed E-state index contributed by atoms with van der Waals surface area (Å²) in [6, 6.07) is 1.31. The fourth-order valence-electron chi connectivity index (χ4n) is 2.05. The molecule has 6 nitrogen and oxygen atoms in total. The maximum Gasteiger partial charge on any atom is 0.280 e. The molecular formula is C10H12F2N6. The third kappa shape index (κ3) is 1.93. The highest BCUT2D eigenvalue weighted by atomic mass is 19.3. The number of hydrogen-bond donors (Lipinski definition) is 2. The molecule has 2 N–H and O–H groups in total. The smallest absolute Gasteiger partial charge is 0.280 e. The molecule has 0 bridgehead atoms. The minimum atomic E-state index is -2.60. The fourth-order valence-corrected chi connectivity index (χ4v) is 2.05. The van der Waals surface area contributed by atoms with Crippen molar-refractivity contribution in [1.82, 2.24) is 30.2 Å². The second kappa shape index (κ2) is 4.54. The Morgan fingerprint density at radius 2 is 2.28 bits per heavy atom. The van der Waals surface area contributed by atoms with Crippen LogP contribution in [0.25, 0.3) is 5.78 Å². The van der Waals surface area contributed by atoms with E-state index in [4.69, 9.17) is 0 Å². The van der Waals surface area contributed by atoms with Gasteiger partial charge in [-0.05, 0) is 6.07 Å². The Morgan fingerprint density at radius 3 is 3.00 bits per heavy atom. The number of halogens is 2. The molecular weight excluding hydrogens is 242 g/mol. The van der Waals surface area contributed by atoms with Crippen LogP contribution in [0.5, 0.6) is 0 Å². The first-order valence-corrected chi connectivity index (χ1v) is 5.68. The molecule has 1 atom stereocenters. The van der Waals surface area contributed by atoms with Crippen molar-refractivity contribution in [3.8, 4) is 0 Å². The van der Waals surface area contributed by atoms with Crippen LogP contribution < -0.4 is 10.6 Å². The zero-order valence-electron chi connectivity index (χ0n) is 9.48. The summed E-state index contributed by atoms with van der Waals surface area (Å²) in [6.45, 7) is 2.32. The molecule has 3 heterocycles. The van der Waals surface area contributed by atoms with Gasteiger partial charge < -0.3 is 10.6 Å². The Kier molecular flexibility index (Phi) is 2.88. The standard InChI is InChI=1S/C10H12F2N6/c11-9(12)8-3-6(7-4-13-1-2-14-7)17-10-15-5-16-18(8)10/h3,5,7,9,13-14H,1-2,4H2. The van der Waals surface area contributed by atoms with Crippen LogP contribution in [0.3, 0.4) is 0 Å². The lowest BCUT2D eigenvalue weighted by Gasteiger charge is -2.24. The molecule has 2 aromatic rings. The van der Waals surface area contributed by atoms with E-state index in [-0.39, 0.29) is 17.5 Å². The maximum absolute atomic E-state index is 13.0. The summed E-state index contributed by atoms with van der Waals surface area (Å²) in [7, 11) is 0. The number of rotatable bonds is 2. The van der Waals surface area contributed by atoms with Gasteiger partial charge in [0.15, 0.2) is 0 Å². The quantitative estimate of drug-likeness (QED) is 0.806. The number of aromatic nitrogens is 4. The average molecular weight is 254 g/mol. The first kappa shape index (κ1) is 11.4. The van der Waals surface area contributed by atoms with Crippen molar-refractivity contribution in [2.45, 2.75) is 12.5 Å². The highest BCUT2D eigenvalue weighted by Crippen LogP contribution is 2.22. The SMILES string of the molecule is FC(F)c1cc(C2CNCCN2)nc2ncnn12. The molecule has 0 spiro atoms. The maximum atomic E-state index is 13.0. The highest BCUT2D eigenvalue weighted by Gasteiger charge is 2.21. The van der Waals surface area contributed by atoms with Gasteiger partial charge in [-0.1, -0.05) is 0 Å². The van der Waals surface area contributed by atoms with Gasteiger partial charge in [0, 0.05) is 19.6 Å². The molecule has 0 saturated carbocycles. The van der Waals surface area contributed by atoms with E-state index in [1.54, 1.807) is 0 Å². The van der Waals surface area contributed by atoms with Crippen molar-refractivity contribution in [2.24, 2.45) is 0 Å². The predicted octanol–water partition coefficient (Wildman–Crippen LogP) is 0.296. The van der Waals surface area contributed by atoms with Crippen LogP contribution in [-0.2, 0) is 0 Å². The summed E-state index contributed by atoms with van der Waals surface area (Å²) in [5.74, 6) is 0.204. The molecule has 1 saturated heterocycles. The molecule has 1 aliphatic rings. The molecule has 0 aromatic carbocycles. The summed E-state index contributed by atoms with van der Waals surface area (Å²) in [5.41, 5.74) is 0.387. The summed E-state index contributed by atoms with van der Waals surface area (Å²) < 4.78 is 27.0. The number of fused-ring (bicyclic) bond motifs is 1. The zero-order chi connectivity index (χ0) is 12.5. The number of hydrogen-bond acceptors (Lipinski definition) is 5. The van der Waals surface area contributed by atoms with Crippen LogP contribution in [0.2, 0.25) is 0 Å². The van der Waals surface area contributed by atoms with Crippen LogP contribution >= 0.6 is 0 Å². The van der Waals surface area contributed by atoms with Gasteiger partial charge >= 0.3 is 0 Å². The largest absolute Gasteiger partial charge is 0.314 e. The van der Waals surface area contributed by atoms with Crippen molar-refractivity contribution in [2.75, 3.05) is 19.6 Å². The van der Waals surface area contributed by atoms with Crippen LogP contribution in [0.1, 0.15) is 23.9 Å². The topological polar surface area (TPSA) is 67.1 Å². The normalized spacial score (nSPS) is 20.7. The van der Waals surface area contributed by atoms with Gasteiger partial charge in [-0.15, -0.1) is 0 Å². The Hall–Kier alpha value is -1.67. The molecule has 1 fully saturated rings. The Morgan fingerprint density at radius 1 is 1.39 bits per heavy atom. The predicted molar refractivity (Wildman–Crippen MR) is 59.4 cm³/mol. The molecule has 2 aromatic heterocycles. The lowest BCUT2D eigenvalue weighted by atomic mass is 10.1. The van der Waals surface area contributed by atoms with Crippen molar-refractivity contribution in [3.63, 3.8) is 0 Å². The van der Waals surface area contributed by atoms with Crippen LogP contribution in [-0.4, -0.2) is 39.2 Å². The second-order valence-corrected chi connectivity index (χ2v) is 4.09. The summed E-state index contributed by atoms with van der Waals surface area (Å²) in [6.07, 6.45) is -1.38. The molecule has 18 heavy (non-hydrogen) atoms. The number of nitrogens with one attached hydrogen (secondary N) is 2. The molecule has 96 valence electrons. The molecule has 1 aliphatic heterocycles. The first-order chi connectivity index (χ1) is 8.75. The summed E-state index contributed by atoms with van der Waals surface area (Å²) >= 11 is 0. The molecule has 3 rings (SSSR count). The summed E-state index contributed by atoms with van der Waals surface area (Å²) in [5, 5.41) is 10.2. The van der Waals surface area contributed by atoms with Crippen molar-refractivity contribution < 1.29 is 8.78 Å². The van der Waals surface area contributed by atoms with Gasteiger partial charge in [-0.25, -0.2) is 13.8 Å². The van der Waals surface area contributed by atoms with Gasteiger partial charge in [-0.2, -0.15) is 14.6 Å². The van der Waals surface area contributed by atoms with Gasteiger partial charge in [0.05, 0.1) is 11.7 Å². The third-order valence-corrected chi connectivity index (χ3v) is 2.92. The summed E-state index contributed by atoms with van der Waals surface area (Å²) in [4.78, 5) is 8.13. The fraction of sp³-hybridized carbons (Fsp3) is 0.500. The minimum absolute atomic E-state index is 0.0713. The molecule has 0 aliphatic carbocycles.